The summed E-state index contributed by atoms with van der Waals surface area (Å²) in [5, 5.41) is 12.6. The number of likely N-dealkylation sites (tertiary alicyclic amines) is 2. The van der Waals surface area contributed by atoms with Crippen molar-refractivity contribution in [2.24, 2.45) is 5.92 Å². The van der Waals surface area contributed by atoms with Gasteiger partial charge in [-0.15, -0.1) is 0 Å². The molecule has 3 fully saturated rings. The average molecular weight is 475 g/mol. The molecule has 6 rings (SSSR count). The molecule has 0 radical (unpaired) electrons. The second kappa shape index (κ2) is 8.94. The molecule has 0 spiro atoms. The molecular formula is C30H38N2O3. The number of carbonyl (C=O) groups excluding carboxylic acids is 1. The lowest BCUT2D eigenvalue weighted by molar-refractivity contribution is -0.149. The summed E-state index contributed by atoms with van der Waals surface area (Å²) in [6.07, 6.45) is 7.22. The van der Waals surface area contributed by atoms with Crippen molar-refractivity contribution in [2.45, 2.75) is 68.4 Å². The van der Waals surface area contributed by atoms with Crippen LogP contribution in [-0.4, -0.2) is 65.7 Å². The Morgan fingerprint density at radius 2 is 1.83 bits per heavy atom. The van der Waals surface area contributed by atoms with Crippen molar-refractivity contribution in [1.82, 2.24) is 9.80 Å². The van der Waals surface area contributed by atoms with Crippen LogP contribution in [0.2, 0.25) is 0 Å². The fraction of sp³-hybridized carbons (Fsp3) is 0.567. The van der Waals surface area contributed by atoms with Crippen molar-refractivity contribution >= 4 is 5.91 Å². The highest BCUT2D eigenvalue weighted by atomic mass is 16.5. The SMILES string of the molecule is COc1ccc2c(c1)C13CCN(C(=O)CCc4ccccc4)CCC1(O)C(C2)N(CC1CC1)CC3. The normalized spacial score (nSPS) is 30.2. The number of benzene rings is 2. The molecule has 2 aliphatic heterocycles. The van der Waals surface area contributed by atoms with Gasteiger partial charge >= 0.3 is 0 Å². The fourth-order valence-corrected chi connectivity index (χ4v) is 7.29. The fourth-order valence-electron chi connectivity index (χ4n) is 7.29. The first kappa shape index (κ1) is 23.1. The van der Waals surface area contributed by atoms with E-state index < -0.39 is 5.60 Å². The highest BCUT2D eigenvalue weighted by Gasteiger charge is 2.63. The molecule has 1 N–H and O–H groups in total. The number of aryl methyl sites for hydroxylation is 1. The van der Waals surface area contributed by atoms with Crippen molar-refractivity contribution < 1.29 is 14.6 Å². The van der Waals surface area contributed by atoms with Crippen LogP contribution in [0.4, 0.5) is 0 Å². The molecule has 1 saturated carbocycles. The molecule has 2 aromatic carbocycles. The smallest absolute Gasteiger partial charge is 0.222 e. The first-order valence-corrected chi connectivity index (χ1v) is 13.5. The molecule has 5 nitrogen and oxygen atoms in total. The first-order chi connectivity index (χ1) is 17.0. The Bertz CT molecular complexity index is 1080. The standard InChI is InChI=1S/C30H38N2O3/c1-35-25-11-10-24-19-27-30(34)15-18-31(28(33)12-9-22-5-3-2-4-6-22)16-13-29(30,26(24)20-25)14-17-32(27)21-23-7-8-23/h2-6,10-11,20,23,27,34H,7-9,12-19,21H2,1H3. The topological polar surface area (TPSA) is 53.0 Å². The van der Waals surface area contributed by atoms with E-state index in [-0.39, 0.29) is 17.4 Å². The number of carbonyl (C=O) groups is 1. The van der Waals surface area contributed by atoms with Crippen LogP contribution in [0.25, 0.3) is 0 Å². The quantitative estimate of drug-likeness (QED) is 0.689. The molecule has 0 aromatic heterocycles. The molecule has 2 heterocycles. The Hall–Kier alpha value is -2.37. The third kappa shape index (κ3) is 3.97. The molecule has 2 aromatic rings. The van der Waals surface area contributed by atoms with E-state index in [0.29, 0.717) is 25.9 Å². The summed E-state index contributed by atoms with van der Waals surface area (Å²) in [4.78, 5) is 17.9. The number of fused-ring (bicyclic) bond motifs is 1. The molecule has 3 unspecified atom stereocenters. The number of aliphatic hydroxyl groups is 1. The predicted molar refractivity (Wildman–Crippen MR) is 137 cm³/mol. The Balaban J connectivity index is 1.30. The van der Waals surface area contributed by atoms with Crippen LogP contribution in [0.1, 0.15) is 55.2 Å². The van der Waals surface area contributed by atoms with Gasteiger partial charge in [-0.2, -0.15) is 0 Å². The van der Waals surface area contributed by atoms with E-state index in [1.54, 1.807) is 7.11 Å². The summed E-state index contributed by atoms with van der Waals surface area (Å²) >= 11 is 0. The number of rotatable bonds is 6. The van der Waals surface area contributed by atoms with Gasteiger partial charge in [0.2, 0.25) is 5.91 Å². The van der Waals surface area contributed by atoms with Gasteiger partial charge < -0.3 is 14.7 Å². The van der Waals surface area contributed by atoms with E-state index >= 15 is 0 Å². The van der Waals surface area contributed by atoms with Gasteiger partial charge in [-0.25, -0.2) is 0 Å². The number of piperidine rings is 1. The van der Waals surface area contributed by atoms with Gasteiger partial charge in [-0.05, 0) is 86.2 Å². The zero-order valence-electron chi connectivity index (χ0n) is 20.9. The van der Waals surface area contributed by atoms with Crippen molar-refractivity contribution in [1.29, 1.82) is 0 Å². The lowest BCUT2D eigenvalue weighted by Crippen LogP contribution is -2.71. The van der Waals surface area contributed by atoms with E-state index in [0.717, 1.165) is 50.4 Å². The van der Waals surface area contributed by atoms with Gasteiger partial charge in [0.05, 0.1) is 12.7 Å². The Kier molecular flexibility index (Phi) is 5.89. The van der Waals surface area contributed by atoms with Gasteiger partial charge in [0.25, 0.3) is 0 Å². The number of methoxy groups -OCH3 is 1. The van der Waals surface area contributed by atoms with E-state index in [1.165, 1.54) is 29.5 Å². The van der Waals surface area contributed by atoms with Gasteiger partial charge in [0.1, 0.15) is 5.75 Å². The first-order valence-electron chi connectivity index (χ1n) is 13.5. The van der Waals surface area contributed by atoms with Crippen LogP contribution in [0.5, 0.6) is 5.75 Å². The van der Waals surface area contributed by atoms with E-state index in [9.17, 15) is 9.90 Å². The molecule has 2 saturated heterocycles. The van der Waals surface area contributed by atoms with Crippen LogP contribution in [0, 0.1) is 5.92 Å². The number of amides is 1. The molecule has 5 heteroatoms. The maximum atomic E-state index is 13.3. The lowest BCUT2D eigenvalue weighted by Gasteiger charge is -2.61. The summed E-state index contributed by atoms with van der Waals surface area (Å²) in [5.41, 5.74) is 2.67. The Labute approximate surface area is 209 Å². The Morgan fingerprint density at radius 3 is 2.60 bits per heavy atom. The van der Waals surface area contributed by atoms with Crippen molar-refractivity contribution in [3.63, 3.8) is 0 Å². The van der Waals surface area contributed by atoms with E-state index in [4.69, 9.17) is 4.74 Å². The molecule has 35 heavy (non-hydrogen) atoms. The minimum atomic E-state index is -0.825. The molecule has 186 valence electrons. The Morgan fingerprint density at radius 1 is 1.06 bits per heavy atom. The monoisotopic (exact) mass is 474 g/mol. The second-order valence-electron chi connectivity index (χ2n) is 11.3. The van der Waals surface area contributed by atoms with Crippen LogP contribution >= 0.6 is 0 Å². The largest absolute Gasteiger partial charge is 0.497 e. The molecule has 2 bridgehead atoms. The lowest BCUT2D eigenvalue weighted by atomic mass is 9.52. The summed E-state index contributed by atoms with van der Waals surface area (Å²) in [6, 6.07) is 16.8. The number of ether oxygens (including phenoxy) is 1. The minimum Gasteiger partial charge on any atom is -0.497 e. The highest BCUT2D eigenvalue weighted by Crippen LogP contribution is 2.56. The zero-order chi connectivity index (χ0) is 24.0. The average Bonchev–Trinajstić information content (AvgIpc) is 3.71. The van der Waals surface area contributed by atoms with Crippen LogP contribution in [0.15, 0.2) is 48.5 Å². The van der Waals surface area contributed by atoms with Gasteiger partial charge in [-0.3, -0.25) is 9.69 Å². The third-order valence-corrected chi connectivity index (χ3v) is 9.48. The van der Waals surface area contributed by atoms with E-state index in [2.05, 4.69) is 35.2 Å². The summed E-state index contributed by atoms with van der Waals surface area (Å²) in [7, 11) is 1.72. The second-order valence-corrected chi connectivity index (χ2v) is 11.3. The van der Waals surface area contributed by atoms with Crippen LogP contribution in [-0.2, 0) is 23.1 Å². The minimum absolute atomic E-state index is 0.122. The van der Waals surface area contributed by atoms with Crippen molar-refractivity contribution in [3.8, 4) is 5.75 Å². The molecular weight excluding hydrogens is 436 g/mol. The molecule has 1 amide bonds. The number of nitrogens with zero attached hydrogens (tertiary/aromatic N) is 2. The molecule has 4 aliphatic rings. The molecule has 2 aliphatic carbocycles. The van der Waals surface area contributed by atoms with Gasteiger partial charge in [0.15, 0.2) is 0 Å². The number of hydrogen-bond acceptors (Lipinski definition) is 4. The van der Waals surface area contributed by atoms with Crippen molar-refractivity contribution in [2.75, 3.05) is 33.3 Å². The maximum absolute atomic E-state index is 13.3. The number of hydrogen-bond donors (Lipinski definition) is 1. The maximum Gasteiger partial charge on any atom is 0.222 e. The summed E-state index contributed by atoms with van der Waals surface area (Å²) < 4.78 is 5.62. The summed E-state index contributed by atoms with van der Waals surface area (Å²) in [6.45, 7) is 3.48. The van der Waals surface area contributed by atoms with Gasteiger partial charge in [0, 0.05) is 37.5 Å². The van der Waals surface area contributed by atoms with Crippen LogP contribution in [0.3, 0.4) is 0 Å². The van der Waals surface area contributed by atoms with E-state index in [1.807, 2.05) is 23.1 Å². The highest BCUT2D eigenvalue weighted by molar-refractivity contribution is 5.76. The van der Waals surface area contributed by atoms with Gasteiger partial charge in [-0.1, -0.05) is 36.4 Å². The zero-order valence-corrected chi connectivity index (χ0v) is 20.9. The molecule has 3 atom stereocenters. The summed E-state index contributed by atoms with van der Waals surface area (Å²) in [5.74, 6) is 1.87. The van der Waals surface area contributed by atoms with Crippen LogP contribution < -0.4 is 4.74 Å². The van der Waals surface area contributed by atoms with Crippen molar-refractivity contribution in [3.05, 3.63) is 65.2 Å². The predicted octanol–water partition coefficient (Wildman–Crippen LogP) is 3.96. The third-order valence-electron chi connectivity index (χ3n) is 9.48.